The molecule has 0 spiro atoms. The highest BCUT2D eigenvalue weighted by Gasteiger charge is 2.24. The monoisotopic (exact) mass is 478 g/mol. The lowest BCUT2D eigenvalue weighted by atomic mass is 9.99. The van der Waals surface area contributed by atoms with Gasteiger partial charge in [-0.05, 0) is 51.6 Å². The average molecular weight is 479 g/mol. The molecule has 8 nitrogen and oxygen atoms in total. The first-order valence-electron chi connectivity index (χ1n) is 12.1. The Balaban J connectivity index is 1.37. The first-order chi connectivity index (χ1) is 16.7. The summed E-state index contributed by atoms with van der Waals surface area (Å²) in [6.07, 6.45) is 1.21. The Morgan fingerprint density at radius 1 is 1.11 bits per heavy atom. The minimum atomic E-state index is -1.08. The summed E-state index contributed by atoms with van der Waals surface area (Å²) in [4.78, 5) is 28.2. The molecule has 1 unspecified atom stereocenters. The maximum atomic E-state index is 12.1. The van der Waals surface area contributed by atoms with Crippen molar-refractivity contribution in [2.75, 3.05) is 26.2 Å². The van der Waals surface area contributed by atoms with Crippen molar-refractivity contribution in [1.82, 2.24) is 16.0 Å². The quantitative estimate of drug-likeness (QED) is 0.396. The predicted molar refractivity (Wildman–Crippen MR) is 136 cm³/mol. The number of alkyl carbamates (subject to hydrolysis) is 1. The number of rotatable bonds is 8. The third-order valence-electron chi connectivity index (χ3n) is 6.06. The largest absolute Gasteiger partial charge is 0.480 e. The summed E-state index contributed by atoms with van der Waals surface area (Å²) in [5.41, 5.74) is 6.82. The molecule has 2 aliphatic rings. The number of ether oxygens (including phenoxy) is 1. The Bertz CT molecular complexity index is 1140. The number of nitrogens with zero attached hydrogens (tertiary/aromatic N) is 1. The molecule has 0 fully saturated rings. The van der Waals surface area contributed by atoms with E-state index < -0.39 is 18.1 Å². The fraction of sp³-hybridized carbons (Fsp3) is 0.444. The lowest BCUT2D eigenvalue weighted by Gasteiger charge is -2.20. The van der Waals surface area contributed by atoms with Crippen LogP contribution in [0.25, 0.3) is 11.1 Å². The third kappa shape index (κ3) is 6.53. The molecule has 0 radical (unpaired) electrons. The van der Waals surface area contributed by atoms with E-state index in [1.54, 1.807) is 0 Å². The molecule has 1 aliphatic carbocycles. The summed E-state index contributed by atoms with van der Waals surface area (Å²) in [7, 11) is 0. The first kappa shape index (κ1) is 24.6. The smallest absolute Gasteiger partial charge is 0.407 e. The minimum Gasteiger partial charge on any atom is -0.480 e. The summed E-state index contributed by atoms with van der Waals surface area (Å²) in [5.74, 6) is -0.207. The number of carbonyl (C=O) groups excluding carboxylic acids is 1. The van der Waals surface area contributed by atoms with E-state index in [1.807, 2.05) is 26.8 Å². The van der Waals surface area contributed by atoms with E-state index in [2.05, 4.69) is 51.3 Å². The fourth-order valence-electron chi connectivity index (χ4n) is 4.34. The Morgan fingerprint density at radius 2 is 1.80 bits per heavy atom. The maximum Gasteiger partial charge on any atom is 0.407 e. The van der Waals surface area contributed by atoms with Gasteiger partial charge in [0.1, 0.15) is 6.04 Å². The summed E-state index contributed by atoms with van der Waals surface area (Å²) in [6, 6.07) is 11.6. The lowest BCUT2D eigenvalue weighted by molar-refractivity contribution is -0.139. The highest BCUT2D eigenvalue weighted by Crippen LogP contribution is 2.37. The average Bonchev–Trinajstić information content (AvgIpc) is 3.43. The molecule has 35 heavy (non-hydrogen) atoms. The van der Waals surface area contributed by atoms with Crippen LogP contribution in [0.2, 0.25) is 0 Å². The van der Waals surface area contributed by atoms with Gasteiger partial charge >= 0.3 is 12.1 Å². The highest BCUT2D eigenvalue weighted by atomic mass is 16.5. The van der Waals surface area contributed by atoms with Crippen LogP contribution in [0.4, 0.5) is 4.79 Å². The van der Waals surface area contributed by atoms with E-state index in [0.717, 1.165) is 44.0 Å². The molecule has 4 rings (SSSR count). The van der Waals surface area contributed by atoms with Crippen molar-refractivity contribution >= 4 is 18.0 Å². The number of carbonyl (C=O) groups is 2. The number of hydrogen-bond acceptors (Lipinski definition) is 6. The van der Waals surface area contributed by atoms with Crippen molar-refractivity contribution in [3.63, 3.8) is 0 Å². The lowest BCUT2D eigenvalue weighted by Crippen LogP contribution is -2.43. The van der Waals surface area contributed by atoms with Crippen molar-refractivity contribution in [1.29, 1.82) is 0 Å². The molecule has 0 bridgehead atoms. The van der Waals surface area contributed by atoms with Crippen LogP contribution in [0, 0.1) is 5.41 Å². The topological polar surface area (TPSA) is 112 Å². The number of aliphatic imine (C=N–C) groups is 1. The normalized spacial score (nSPS) is 14.9. The number of hydrogen-bond donors (Lipinski definition) is 4. The SMILES string of the molecule is CC(C)(C)COC(=O)NC(Cc1ccc2c(c1)Cc1cc(CCNC3=NCCN3)ccc1-2)C(=O)O. The molecule has 1 amide bonds. The molecule has 1 atom stereocenters. The number of guanidine groups is 1. The van der Waals surface area contributed by atoms with Gasteiger partial charge < -0.3 is 25.8 Å². The highest BCUT2D eigenvalue weighted by molar-refractivity contribution is 5.82. The maximum absolute atomic E-state index is 12.1. The van der Waals surface area contributed by atoms with Crippen LogP contribution < -0.4 is 16.0 Å². The summed E-state index contributed by atoms with van der Waals surface area (Å²) in [6.45, 7) is 8.59. The van der Waals surface area contributed by atoms with Crippen molar-refractivity contribution < 1.29 is 19.4 Å². The molecule has 8 heteroatoms. The zero-order valence-electron chi connectivity index (χ0n) is 20.6. The van der Waals surface area contributed by atoms with Crippen LogP contribution in [0.3, 0.4) is 0 Å². The molecule has 2 aromatic rings. The number of amides is 1. The number of carboxylic acids is 1. The van der Waals surface area contributed by atoms with Crippen molar-refractivity contribution in [2.45, 2.75) is 46.1 Å². The molecule has 0 saturated heterocycles. The van der Waals surface area contributed by atoms with Gasteiger partial charge in [0.2, 0.25) is 0 Å². The van der Waals surface area contributed by atoms with E-state index in [0.29, 0.717) is 0 Å². The van der Waals surface area contributed by atoms with Gasteiger partial charge in [0.25, 0.3) is 0 Å². The second-order valence-corrected chi connectivity index (χ2v) is 10.4. The van der Waals surface area contributed by atoms with Crippen LogP contribution in [-0.2, 0) is 28.8 Å². The van der Waals surface area contributed by atoms with Crippen LogP contribution >= 0.6 is 0 Å². The van der Waals surface area contributed by atoms with Gasteiger partial charge in [-0.1, -0.05) is 57.2 Å². The Hall–Kier alpha value is -3.55. The van der Waals surface area contributed by atoms with Crippen LogP contribution in [0.5, 0.6) is 0 Å². The molecule has 1 aliphatic heterocycles. The van der Waals surface area contributed by atoms with Gasteiger partial charge in [-0.2, -0.15) is 0 Å². The second-order valence-electron chi connectivity index (χ2n) is 10.4. The van der Waals surface area contributed by atoms with Crippen molar-refractivity contribution in [3.8, 4) is 11.1 Å². The van der Waals surface area contributed by atoms with Gasteiger partial charge in [0.05, 0.1) is 13.2 Å². The Labute approximate surface area is 206 Å². The summed E-state index contributed by atoms with van der Waals surface area (Å²) >= 11 is 0. The van der Waals surface area contributed by atoms with Crippen LogP contribution in [0.1, 0.15) is 43.0 Å². The Morgan fingerprint density at radius 3 is 2.43 bits per heavy atom. The van der Waals surface area contributed by atoms with Crippen LogP contribution in [0.15, 0.2) is 41.4 Å². The fourth-order valence-corrected chi connectivity index (χ4v) is 4.34. The van der Waals surface area contributed by atoms with E-state index >= 15 is 0 Å². The Kier molecular flexibility index (Phi) is 7.28. The zero-order valence-corrected chi connectivity index (χ0v) is 20.6. The third-order valence-corrected chi connectivity index (χ3v) is 6.06. The number of fused-ring (bicyclic) bond motifs is 3. The number of aliphatic carboxylic acids is 1. The van der Waals surface area contributed by atoms with Crippen LogP contribution in [-0.4, -0.2) is 55.4 Å². The molecular weight excluding hydrogens is 444 g/mol. The number of benzene rings is 2. The summed E-state index contributed by atoms with van der Waals surface area (Å²) < 4.78 is 5.18. The molecule has 2 aromatic carbocycles. The molecular formula is C27H34N4O4. The standard InChI is InChI=1S/C27H34N4O4/c1-27(2,3)16-35-26(34)31-23(24(32)33)14-18-5-7-22-20(13-18)15-19-12-17(4-6-21(19)22)8-9-28-25-29-10-11-30-25/h4-7,12-13,23H,8-11,14-16H2,1-3H3,(H,31,34)(H,32,33)(H2,28,29,30). The van der Waals surface area contributed by atoms with E-state index in [1.165, 1.54) is 27.8 Å². The van der Waals surface area contributed by atoms with E-state index in [-0.39, 0.29) is 18.4 Å². The number of nitrogens with one attached hydrogen (secondary N) is 3. The van der Waals surface area contributed by atoms with Gasteiger partial charge in [0, 0.05) is 19.5 Å². The summed E-state index contributed by atoms with van der Waals surface area (Å²) in [5, 5.41) is 18.7. The van der Waals surface area contributed by atoms with Crippen molar-refractivity contribution in [2.24, 2.45) is 10.4 Å². The second kappa shape index (κ2) is 10.4. The molecule has 4 N–H and O–H groups in total. The predicted octanol–water partition coefficient (Wildman–Crippen LogP) is 3.12. The minimum absolute atomic E-state index is 0.191. The van der Waals surface area contributed by atoms with Gasteiger partial charge in [-0.25, -0.2) is 9.59 Å². The van der Waals surface area contributed by atoms with Gasteiger partial charge in [0.15, 0.2) is 5.96 Å². The van der Waals surface area contributed by atoms with E-state index in [9.17, 15) is 14.7 Å². The first-order valence-corrected chi connectivity index (χ1v) is 12.1. The van der Waals surface area contributed by atoms with Gasteiger partial charge in [-0.15, -0.1) is 0 Å². The van der Waals surface area contributed by atoms with Crippen molar-refractivity contribution in [3.05, 3.63) is 58.7 Å². The number of carboxylic acid groups (broad SMARTS) is 1. The molecule has 0 saturated carbocycles. The molecule has 1 heterocycles. The zero-order chi connectivity index (χ0) is 25.0. The molecule has 0 aromatic heterocycles. The molecule has 186 valence electrons. The van der Waals surface area contributed by atoms with Gasteiger partial charge in [-0.3, -0.25) is 4.99 Å². The van der Waals surface area contributed by atoms with E-state index in [4.69, 9.17) is 4.74 Å².